The summed E-state index contributed by atoms with van der Waals surface area (Å²) in [5, 5.41) is 0. The molecule has 3 aromatic rings. The fourth-order valence-electron chi connectivity index (χ4n) is 2.45. The van der Waals surface area contributed by atoms with Crippen LogP contribution in [0.3, 0.4) is 0 Å². The first kappa shape index (κ1) is 20.3. The van der Waals surface area contributed by atoms with E-state index in [-0.39, 0.29) is 0 Å². The van der Waals surface area contributed by atoms with Crippen molar-refractivity contribution < 1.29 is 0 Å². The van der Waals surface area contributed by atoms with Crippen LogP contribution >= 0.6 is 0 Å². The molecule has 0 heterocycles. The SMILES string of the molecule is [Se]C(=CC=Nc1ccccc1N=CC=C([Se])c1ccccc1)c1ccccc1. The fraction of sp³-hybridized carbons (Fsp3) is 0. The van der Waals surface area contributed by atoms with E-state index in [9.17, 15) is 0 Å². The van der Waals surface area contributed by atoms with Gasteiger partial charge in [0.1, 0.15) is 0 Å². The van der Waals surface area contributed by atoms with E-state index >= 15 is 0 Å². The summed E-state index contributed by atoms with van der Waals surface area (Å²) in [7, 11) is 0. The monoisotopic (exact) mass is 494 g/mol. The number of para-hydroxylation sites is 2. The van der Waals surface area contributed by atoms with Gasteiger partial charge in [0.2, 0.25) is 0 Å². The van der Waals surface area contributed by atoms with Crippen LogP contribution in [0.5, 0.6) is 0 Å². The third-order valence-electron chi connectivity index (χ3n) is 3.88. The van der Waals surface area contributed by atoms with Crippen LogP contribution in [0.15, 0.2) is 107 Å². The van der Waals surface area contributed by atoms with Crippen LogP contribution in [0.25, 0.3) is 8.94 Å². The molecular weight excluding hydrogens is 474 g/mol. The van der Waals surface area contributed by atoms with E-state index in [1.165, 1.54) is 0 Å². The number of rotatable bonds is 6. The van der Waals surface area contributed by atoms with Gasteiger partial charge in [0, 0.05) is 0 Å². The summed E-state index contributed by atoms with van der Waals surface area (Å²) < 4.78 is 2.09. The van der Waals surface area contributed by atoms with Crippen molar-refractivity contribution in [2.45, 2.75) is 0 Å². The molecule has 2 radical (unpaired) electrons. The van der Waals surface area contributed by atoms with E-state index < -0.39 is 0 Å². The van der Waals surface area contributed by atoms with Crippen molar-refractivity contribution in [2.24, 2.45) is 9.98 Å². The van der Waals surface area contributed by atoms with Crippen LogP contribution in [0.4, 0.5) is 11.4 Å². The summed E-state index contributed by atoms with van der Waals surface area (Å²) in [6.07, 6.45) is 7.52. The average molecular weight is 492 g/mol. The molecule has 0 aliphatic carbocycles. The quantitative estimate of drug-likeness (QED) is 0.320. The third kappa shape index (κ3) is 6.02. The second-order valence-corrected chi connectivity index (χ2v) is 7.68. The average Bonchev–Trinajstić information content (AvgIpc) is 2.76. The van der Waals surface area contributed by atoms with E-state index in [2.05, 4.69) is 66.3 Å². The van der Waals surface area contributed by atoms with Crippen LogP contribution in [0.2, 0.25) is 0 Å². The molecule has 3 rings (SSSR count). The topological polar surface area (TPSA) is 24.7 Å². The number of allylic oxidation sites excluding steroid dienone is 2. The summed E-state index contributed by atoms with van der Waals surface area (Å²) in [5.74, 6) is 0. The van der Waals surface area contributed by atoms with Gasteiger partial charge in [-0.1, -0.05) is 0 Å². The predicted molar refractivity (Wildman–Crippen MR) is 123 cm³/mol. The van der Waals surface area contributed by atoms with Crippen molar-refractivity contribution in [2.75, 3.05) is 0 Å². The number of benzene rings is 3. The summed E-state index contributed by atoms with van der Waals surface area (Å²) in [6.45, 7) is 0. The zero-order valence-corrected chi connectivity index (χ0v) is 18.5. The van der Waals surface area contributed by atoms with Gasteiger partial charge in [0.05, 0.1) is 0 Å². The minimum absolute atomic E-state index is 0.825. The third-order valence-corrected chi connectivity index (χ3v) is 5.44. The molecule has 0 N–H and O–H groups in total. The minimum atomic E-state index is 0.825. The number of hydrogen-bond acceptors (Lipinski definition) is 2. The van der Waals surface area contributed by atoms with Crippen LogP contribution in [-0.4, -0.2) is 44.5 Å². The number of hydrogen-bond donors (Lipinski definition) is 0. The van der Waals surface area contributed by atoms with Crippen LogP contribution in [0, 0.1) is 0 Å². The van der Waals surface area contributed by atoms with Crippen molar-refractivity contribution in [3.63, 3.8) is 0 Å². The van der Waals surface area contributed by atoms with Crippen molar-refractivity contribution in [1.82, 2.24) is 0 Å². The Morgan fingerprint density at radius 1 is 0.536 bits per heavy atom. The van der Waals surface area contributed by atoms with Gasteiger partial charge in [-0.15, -0.1) is 0 Å². The Morgan fingerprint density at radius 3 is 1.29 bits per heavy atom. The molecule has 0 aliphatic heterocycles. The van der Waals surface area contributed by atoms with Gasteiger partial charge in [-0.3, -0.25) is 0 Å². The molecule has 0 saturated carbocycles. The van der Waals surface area contributed by atoms with Crippen molar-refractivity contribution in [3.05, 3.63) is 108 Å². The van der Waals surface area contributed by atoms with Gasteiger partial charge < -0.3 is 0 Å². The van der Waals surface area contributed by atoms with Gasteiger partial charge in [0.25, 0.3) is 0 Å². The maximum absolute atomic E-state index is 4.56. The van der Waals surface area contributed by atoms with Crippen molar-refractivity contribution in [1.29, 1.82) is 0 Å². The molecule has 0 atom stereocenters. The van der Waals surface area contributed by atoms with Gasteiger partial charge >= 0.3 is 183 Å². The second kappa shape index (κ2) is 10.8. The second-order valence-electron chi connectivity index (χ2n) is 5.84. The van der Waals surface area contributed by atoms with Crippen LogP contribution in [0.1, 0.15) is 11.1 Å². The molecule has 0 aliphatic rings. The summed E-state index contributed by atoms with van der Waals surface area (Å²) in [5.41, 5.74) is 3.92. The molecule has 136 valence electrons. The van der Waals surface area contributed by atoms with Crippen LogP contribution < -0.4 is 0 Å². The first-order valence-electron chi connectivity index (χ1n) is 8.76. The molecule has 4 heteroatoms. The van der Waals surface area contributed by atoms with E-state index in [1.54, 1.807) is 12.4 Å². The Balaban J connectivity index is 1.74. The summed E-state index contributed by atoms with van der Waals surface area (Å²) >= 11 is 6.17. The van der Waals surface area contributed by atoms with Gasteiger partial charge in [0.15, 0.2) is 0 Å². The first-order chi connectivity index (χ1) is 13.7. The maximum atomic E-state index is 4.56. The molecular formula is C24H18N2Se2. The van der Waals surface area contributed by atoms with Crippen molar-refractivity contribution in [3.8, 4) is 0 Å². The number of aliphatic imine (C=N–C) groups is 2. The Hall–Kier alpha value is -2.48. The molecule has 2 nitrogen and oxygen atoms in total. The van der Waals surface area contributed by atoms with Gasteiger partial charge in [-0.05, 0) is 0 Å². The molecule has 0 unspecified atom stereocenters. The molecule has 0 spiro atoms. The predicted octanol–water partition coefficient (Wildman–Crippen LogP) is 5.51. The van der Waals surface area contributed by atoms with Crippen LogP contribution in [-0.2, 0) is 0 Å². The van der Waals surface area contributed by atoms with Gasteiger partial charge in [-0.2, -0.15) is 0 Å². The standard InChI is InChI=1S/C24H18N2Se2/c27-23(19-9-3-1-4-10-19)15-17-25-21-13-7-8-14-22(21)26-18-16-24(28)20-11-5-2-6-12-20/h1-18H. The number of nitrogens with zero attached hydrogens (tertiary/aromatic N) is 2. The first-order valence-corrected chi connectivity index (χ1v) is 10.5. The fourth-order valence-corrected chi connectivity index (χ4v) is 3.28. The summed E-state index contributed by atoms with van der Waals surface area (Å²) in [6, 6.07) is 28.2. The molecule has 0 aromatic heterocycles. The Morgan fingerprint density at radius 2 is 0.893 bits per heavy atom. The van der Waals surface area contributed by atoms with E-state index in [0.29, 0.717) is 0 Å². The molecule has 28 heavy (non-hydrogen) atoms. The van der Waals surface area contributed by atoms with Crippen molar-refractivity contribution >= 4 is 64.8 Å². The molecule has 0 fully saturated rings. The molecule has 0 amide bonds. The van der Waals surface area contributed by atoms with Gasteiger partial charge in [-0.25, -0.2) is 0 Å². The summed E-state index contributed by atoms with van der Waals surface area (Å²) in [4.78, 5) is 9.13. The Kier molecular flexibility index (Phi) is 7.78. The zero-order valence-electron chi connectivity index (χ0n) is 15.1. The van der Waals surface area contributed by atoms with E-state index in [0.717, 1.165) is 31.4 Å². The Bertz CT molecular complexity index is 936. The zero-order chi connectivity index (χ0) is 19.6. The normalized spacial score (nSPS) is 12.7. The van der Waals surface area contributed by atoms with E-state index in [4.69, 9.17) is 0 Å². The van der Waals surface area contributed by atoms with E-state index in [1.807, 2.05) is 72.8 Å². The molecule has 3 aromatic carbocycles. The molecule has 0 bridgehead atoms. The Labute approximate surface area is 182 Å². The molecule has 0 saturated heterocycles.